The summed E-state index contributed by atoms with van der Waals surface area (Å²) in [5.74, 6) is 2.20. The predicted octanol–water partition coefficient (Wildman–Crippen LogP) is 12.6. The van der Waals surface area contributed by atoms with E-state index in [2.05, 4.69) is 34.6 Å². The summed E-state index contributed by atoms with van der Waals surface area (Å²) in [5.41, 5.74) is 0. The van der Waals surface area contributed by atoms with Crippen molar-refractivity contribution in [3.63, 3.8) is 0 Å². The molecule has 0 aromatic rings. The highest BCUT2D eigenvalue weighted by molar-refractivity contribution is 5.69. The molecule has 1 atom stereocenters. The van der Waals surface area contributed by atoms with Gasteiger partial charge in [-0.3, -0.25) is 4.79 Å². The van der Waals surface area contributed by atoms with Gasteiger partial charge in [0.25, 0.3) is 0 Å². The summed E-state index contributed by atoms with van der Waals surface area (Å²) in [5, 5.41) is 0. The fraction of sp³-hybridized carbons (Fsp3) is 0.972. The first-order valence-electron chi connectivity index (χ1n) is 17.6. The summed E-state index contributed by atoms with van der Waals surface area (Å²) < 4.78 is 5.60. The minimum absolute atomic E-state index is 0.0264. The molecule has 0 bridgehead atoms. The first kappa shape index (κ1) is 37.5. The molecular weight excluding hydrogens is 464 g/mol. The molecule has 0 amide bonds. The second-order valence-corrected chi connectivity index (χ2v) is 13.3. The van der Waals surface area contributed by atoms with Gasteiger partial charge in [-0.15, -0.1) is 0 Å². The van der Waals surface area contributed by atoms with Crippen molar-refractivity contribution in [2.75, 3.05) is 6.61 Å². The Kier molecular flexibility index (Phi) is 29.0. The summed E-state index contributed by atoms with van der Waals surface area (Å²) >= 11 is 0. The number of hydrogen-bond acceptors (Lipinski definition) is 2. The quantitative estimate of drug-likeness (QED) is 0.0674. The fourth-order valence-corrected chi connectivity index (χ4v) is 5.58. The van der Waals surface area contributed by atoms with Crippen LogP contribution in [0.2, 0.25) is 0 Å². The van der Waals surface area contributed by atoms with Crippen LogP contribution in [0.5, 0.6) is 0 Å². The van der Waals surface area contributed by atoms with Gasteiger partial charge in [-0.2, -0.15) is 0 Å². The maximum Gasteiger partial charge on any atom is 0.305 e. The summed E-state index contributed by atoms with van der Waals surface area (Å²) in [7, 11) is 0. The first-order valence-corrected chi connectivity index (χ1v) is 17.6. The van der Waals surface area contributed by atoms with Crippen LogP contribution < -0.4 is 0 Å². The van der Waals surface area contributed by atoms with E-state index in [-0.39, 0.29) is 5.97 Å². The molecule has 0 aliphatic rings. The van der Waals surface area contributed by atoms with E-state index in [0.717, 1.165) is 18.3 Å². The van der Waals surface area contributed by atoms with Gasteiger partial charge in [0.1, 0.15) is 0 Å². The van der Waals surface area contributed by atoms with Crippen LogP contribution in [0.3, 0.4) is 0 Å². The lowest BCUT2D eigenvalue weighted by Gasteiger charge is -2.17. The molecule has 0 aromatic carbocycles. The van der Waals surface area contributed by atoms with E-state index < -0.39 is 0 Å². The highest BCUT2D eigenvalue weighted by Gasteiger charge is 2.12. The van der Waals surface area contributed by atoms with Gasteiger partial charge < -0.3 is 4.74 Å². The van der Waals surface area contributed by atoms with Crippen LogP contribution in [0.4, 0.5) is 0 Å². The summed E-state index contributed by atoms with van der Waals surface area (Å²) in [4.78, 5) is 12.1. The monoisotopic (exact) mass is 537 g/mol. The van der Waals surface area contributed by atoms with Crippen molar-refractivity contribution in [1.82, 2.24) is 0 Å². The standard InChI is InChI=1S/C36H72O2/c1-6-27-35(31-30-34(4)5)32-38-36(37)29-26-24-22-20-18-16-14-12-10-8-7-9-11-13-15-17-19-21-23-25-28-33(2)3/h33-35H,6-32H2,1-5H3. The molecule has 0 heterocycles. The number of esters is 1. The Balaban J connectivity index is 3.29. The van der Waals surface area contributed by atoms with Crippen LogP contribution in [-0.2, 0) is 9.53 Å². The van der Waals surface area contributed by atoms with E-state index in [9.17, 15) is 4.79 Å². The number of carbonyl (C=O) groups excluding carboxylic acids is 1. The van der Waals surface area contributed by atoms with Crippen LogP contribution in [0.1, 0.15) is 202 Å². The molecule has 0 aliphatic carbocycles. The van der Waals surface area contributed by atoms with Gasteiger partial charge in [0.15, 0.2) is 0 Å². The third-order valence-corrected chi connectivity index (χ3v) is 8.24. The Morgan fingerprint density at radius 1 is 0.474 bits per heavy atom. The van der Waals surface area contributed by atoms with Crippen molar-refractivity contribution in [3.05, 3.63) is 0 Å². The lowest BCUT2D eigenvalue weighted by Crippen LogP contribution is -2.15. The third-order valence-electron chi connectivity index (χ3n) is 8.24. The van der Waals surface area contributed by atoms with Gasteiger partial charge in [0.05, 0.1) is 6.61 Å². The minimum Gasteiger partial charge on any atom is -0.465 e. The third kappa shape index (κ3) is 30.0. The zero-order chi connectivity index (χ0) is 28.1. The molecule has 38 heavy (non-hydrogen) atoms. The molecule has 1 unspecified atom stereocenters. The predicted molar refractivity (Wildman–Crippen MR) is 170 cm³/mol. The minimum atomic E-state index is 0.0264. The first-order chi connectivity index (χ1) is 18.5. The van der Waals surface area contributed by atoms with Gasteiger partial charge in [-0.05, 0) is 37.0 Å². The Bertz CT molecular complexity index is 470. The molecular formula is C36H72O2. The van der Waals surface area contributed by atoms with Gasteiger partial charge >= 0.3 is 5.97 Å². The average molecular weight is 537 g/mol. The summed E-state index contributed by atoms with van der Waals surface area (Å²) in [6.45, 7) is 12.1. The molecule has 0 saturated heterocycles. The van der Waals surface area contributed by atoms with Crippen LogP contribution in [0, 0.1) is 17.8 Å². The Morgan fingerprint density at radius 3 is 1.21 bits per heavy atom. The second kappa shape index (κ2) is 29.5. The molecule has 0 aromatic heterocycles. The number of unbranched alkanes of at least 4 members (excludes halogenated alkanes) is 19. The van der Waals surface area contributed by atoms with Gasteiger partial charge in [-0.25, -0.2) is 0 Å². The Hall–Kier alpha value is -0.530. The molecule has 0 rings (SSSR count). The molecule has 0 saturated carbocycles. The highest BCUT2D eigenvalue weighted by atomic mass is 16.5. The average Bonchev–Trinajstić information content (AvgIpc) is 2.88. The number of carbonyl (C=O) groups is 1. The lowest BCUT2D eigenvalue weighted by atomic mass is 9.95. The second-order valence-electron chi connectivity index (χ2n) is 13.3. The van der Waals surface area contributed by atoms with E-state index in [1.807, 2.05) is 0 Å². The molecule has 0 N–H and O–H groups in total. The Morgan fingerprint density at radius 2 is 0.842 bits per heavy atom. The summed E-state index contributed by atoms with van der Waals surface area (Å²) in [6.07, 6.45) is 34.7. The van der Waals surface area contributed by atoms with Crippen LogP contribution in [0.25, 0.3) is 0 Å². The lowest BCUT2D eigenvalue weighted by molar-refractivity contribution is -0.145. The molecule has 2 nitrogen and oxygen atoms in total. The Labute approximate surface area is 241 Å². The molecule has 2 heteroatoms. The van der Waals surface area contributed by atoms with Crippen LogP contribution in [0.15, 0.2) is 0 Å². The van der Waals surface area contributed by atoms with Crippen molar-refractivity contribution in [2.24, 2.45) is 17.8 Å². The maximum absolute atomic E-state index is 12.1. The largest absolute Gasteiger partial charge is 0.465 e. The van der Waals surface area contributed by atoms with E-state index in [1.165, 1.54) is 154 Å². The van der Waals surface area contributed by atoms with Crippen molar-refractivity contribution >= 4 is 5.97 Å². The number of ether oxygens (including phenoxy) is 1. The normalized spacial score (nSPS) is 12.5. The topological polar surface area (TPSA) is 26.3 Å². The van der Waals surface area contributed by atoms with Crippen molar-refractivity contribution in [2.45, 2.75) is 202 Å². The van der Waals surface area contributed by atoms with Crippen LogP contribution in [-0.4, -0.2) is 12.6 Å². The molecule has 0 radical (unpaired) electrons. The zero-order valence-electron chi connectivity index (χ0n) is 27.1. The fourth-order valence-electron chi connectivity index (χ4n) is 5.58. The van der Waals surface area contributed by atoms with Crippen LogP contribution >= 0.6 is 0 Å². The van der Waals surface area contributed by atoms with E-state index >= 15 is 0 Å². The number of hydrogen-bond donors (Lipinski definition) is 0. The molecule has 228 valence electrons. The maximum atomic E-state index is 12.1. The van der Waals surface area contributed by atoms with Gasteiger partial charge in [0.2, 0.25) is 0 Å². The van der Waals surface area contributed by atoms with Gasteiger partial charge in [0, 0.05) is 6.42 Å². The molecule has 0 spiro atoms. The van der Waals surface area contributed by atoms with E-state index in [1.54, 1.807) is 0 Å². The van der Waals surface area contributed by atoms with Gasteiger partial charge in [-0.1, -0.05) is 176 Å². The van der Waals surface area contributed by atoms with Crippen molar-refractivity contribution in [3.8, 4) is 0 Å². The smallest absolute Gasteiger partial charge is 0.305 e. The SMILES string of the molecule is CCCC(CCC(C)C)COC(=O)CCCCCCCCCCCCCCCCCCCCCCC(C)C. The summed E-state index contributed by atoms with van der Waals surface area (Å²) in [6, 6.07) is 0. The zero-order valence-corrected chi connectivity index (χ0v) is 27.1. The highest BCUT2D eigenvalue weighted by Crippen LogP contribution is 2.19. The van der Waals surface area contributed by atoms with E-state index in [0.29, 0.717) is 18.9 Å². The number of rotatable bonds is 30. The van der Waals surface area contributed by atoms with Crippen molar-refractivity contribution < 1.29 is 9.53 Å². The molecule has 0 fully saturated rings. The van der Waals surface area contributed by atoms with E-state index in [4.69, 9.17) is 4.74 Å². The molecule has 0 aliphatic heterocycles. The van der Waals surface area contributed by atoms with Crippen molar-refractivity contribution in [1.29, 1.82) is 0 Å².